The number of nitrogens with zero attached hydrogens (tertiary/aromatic N) is 2. The van der Waals surface area contributed by atoms with Crippen molar-refractivity contribution >= 4 is 44.5 Å². The molecule has 0 saturated carbocycles. The smallest absolute Gasteiger partial charge is 0.137 e. The zero-order valence-electron chi connectivity index (χ0n) is 9.94. The lowest BCUT2D eigenvalue weighted by molar-refractivity contribution is 0.690. The van der Waals surface area contributed by atoms with Gasteiger partial charge in [-0.2, -0.15) is 0 Å². The largest absolute Gasteiger partial charge is 0.306 e. The third-order valence-corrected chi connectivity index (χ3v) is 4.55. The average Bonchev–Trinajstić information content (AvgIpc) is 2.95. The maximum atomic E-state index is 5.95. The maximum Gasteiger partial charge on any atom is 0.137 e. The van der Waals surface area contributed by atoms with Crippen molar-refractivity contribution in [2.75, 3.05) is 0 Å². The van der Waals surface area contributed by atoms with Crippen LogP contribution in [0.5, 0.6) is 0 Å². The summed E-state index contributed by atoms with van der Waals surface area (Å²) in [5.74, 6) is 0. The van der Waals surface area contributed by atoms with Crippen LogP contribution < -0.4 is 5.32 Å². The highest BCUT2D eigenvalue weighted by Gasteiger charge is 2.02. The summed E-state index contributed by atoms with van der Waals surface area (Å²) in [4.78, 5) is 5.83. The first-order chi connectivity index (χ1) is 9.20. The number of thiophene rings is 1. The van der Waals surface area contributed by atoms with E-state index in [2.05, 4.69) is 38.4 Å². The number of fused-ring (bicyclic) bond motifs is 1. The first-order valence-corrected chi connectivity index (χ1v) is 7.77. The van der Waals surface area contributed by atoms with Crippen molar-refractivity contribution < 1.29 is 0 Å². The number of hydrogen-bond donors (Lipinski definition) is 1. The van der Waals surface area contributed by atoms with E-state index in [0.29, 0.717) is 5.02 Å². The number of nitrogens with one attached hydrogen (secondary N) is 1. The van der Waals surface area contributed by atoms with Gasteiger partial charge in [0.25, 0.3) is 0 Å². The van der Waals surface area contributed by atoms with Gasteiger partial charge >= 0.3 is 0 Å². The SMILES string of the molecule is Clc1ccc2nc(CNCc3ccc(Br)s3)cn2c1. The predicted octanol–water partition coefficient (Wildman–Crippen LogP) is 4.10. The molecule has 0 bridgehead atoms. The first kappa shape index (κ1) is 13.1. The van der Waals surface area contributed by atoms with Crippen LogP contribution in [-0.4, -0.2) is 9.38 Å². The number of aromatic nitrogens is 2. The molecule has 3 rings (SSSR count). The summed E-state index contributed by atoms with van der Waals surface area (Å²) in [6.45, 7) is 1.60. The van der Waals surface area contributed by atoms with Gasteiger partial charge in [-0.1, -0.05) is 11.6 Å². The summed E-state index contributed by atoms with van der Waals surface area (Å²) in [5.41, 5.74) is 1.93. The maximum absolute atomic E-state index is 5.95. The van der Waals surface area contributed by atoms with Gasteiger partial charge < -0.3 is 9.72 Å². The lowest BCUT2D eigenvalue weighted by atomic mass is 10.4. The van der Waals surface area contributed by atoms with Crippen LogP contribution in [0.2, 0.25) is 5.02 Å². The van der Waals surface area contributed by atoms with Gasteiger partial charge in [-0.25, -0.2) is 4.98 Å². The molecule has 0 unspecified atom stereocenters. The summed E-state index contributed by atoms with van der Waals surface area (Å²) in [6, 6.07) is 7.95. The zero-order valence-corrected chi connectivity index (χ0v) is 13.1. The first-order valence-electron chi connectivity index (χ1n) is 5.79. The second-order valence-corrected chi connectivity index (χ2v) is 7.14. The Bertz CT molecular complexity index is 707. The average molecular weight is 357 g/mol. The Morgan fingerprint density at radius 3 is 2.89 bits per heavy atom. The summed E-state index contributed by atoms with van der Waals surface area (Å²) < 4.78 is 3.10. The highest BCUT2D eigenvalue weighted by molar-refractivity contribution is 9.11. The van der Waals surface area contributed by atoms with Gasteiger partial charge in [0, 0.05) is 30.4 Å². The molecule has 3 heterocycles. The Balaban J connectivity index is 1.65. The lowest BCUT2D eigenvalue weighted by Gasteiger charge is -1.99. The number of pyridine rings is 1. The molecule has 3 aromatic rings. The Morgan fingerprint density at radius 1 is 1.21 bits per heavy atom. The summed E-state index contributed by atoms with van der Waals surface area (Å²) in [7, 11) is 0. The van der Waals surface area contributed by atoms with Gasteiger partial charge in [-0.05, 0) is 40.2 Å². The molecule has 1 N–H and O–H groups in total. The highest BCUT2D eigenvalue weighted by atomic mass is 79.9. The van der Waals surface area contributed by atoms with Crippen molar-refractivity contribution in [2.45, 2.75) is 13.1 Å². The predicted molar refractivity (Wildman–Crippen MR) is 82.8 cm³/mol. The van der Waals surface area contributed by atoms with E-state index in [1.165, 1.54) is 4.88 Å². The van der Waals surface area contributed by atoms with Gasteiger partial charge in [-0.3, -0.25) is 0 Å². The molecule has 0 aliphatic rings. The normalized spacial score (nSPS) is 11.3. The zero-order chi connectivity index (χ0) is 13.2. The molecule has 0 fully saturated rings. The highest BCUT2D eigenvalue weighted by Crippen LogP contribution is 2.21. The van der Waals surface area contributed by atoms with Crippen molar-refractivity contribution in [1.29, 1.82) is 0 Å². The van der Waals surface area contributed by atoms with Crippen LogP contribution in [0, 0.1) is 0 Å². The number of hydrogen-bond acceptors (Lipinski definition) is 3. The molecular formula is C13H11BrClN3S. The van der Waals surface area contributed by atoms with E-state index in [1.54, 1.807) is 11.3 Å². The Morgan fingerprint density at radius 2 is 2.11 bits per heavy atom. The van der Waals surface area contributed by atoms with E-state index in [1.807, 2.05) is 28.9 Å². The van der Waals surface area contributed by atoms with Gasteiger partial charge in [0.2, 0.25) is 0 Å². The van der Waals surface area contributed by atoms with Crippen molar-refractivity contribution in [3.63, 3.8) is 0 Å². The molecule has 98 valence electrons. The van der Waals surface area contributed by atoms with Crippen molar-refractivity contribution in [3.05, 3.63) is 56.0 Å². The Hall–Kier alpha value is -0.880. The molecule has 0 aliphatic carbocycles. The topological polar surface area (TPSA) is 29.3 Å². The van der Waals surface area contributed by atoms with E-state index in [0.717, 1.165) is 28.2 Å². The molecule has 3 nitrogen and oxygen atoms in total. The van der Waals surface area contributed by atoms with Crippen LogP contribution in [0.4, 0.5) is 0 Å². The van der Waals surface area contributed by atoms with Crippen LogP contribution in [0.3, 0.4) is 0 Å². The minimum Gasteiger partial charge on any atom is -0.306 e. The summed E-state index contributed by atoms with van der Waals surface area (Å²) in [5, 5.41) is 4.10. The molecule has 0 radical (unpaired) electrons. The fourth-order valence-corrected chi connectivity index (χ4v) is 3.48. The van der Waals surface area contributed by atoms with Gasteiger partial charge in [0.1, 0.15) is 5.65 Å². The van der Waals surface area contributed by atoms with Gasteiger partial charge in [0.15, 0.2) is 0 Å². The molecular weight excluding hydrogens is 346 g/mol. The monoisotopic (exact) mass is 355 g/mol. The number of rotatable bonds is 4. The second kappa shape index (κ2) is 5.63. The van der Waals surface area contributed by atoms with Crippen LogP contribution in [0.15, 0.2) is 40.4 Å². The van der Waals surface area contributed by atoms with E-state index < -0.39 is 0 Å². The van der Waals surface area contributed by atoms with Crippen molar-refractivity contribution in [1.82, 2.24) is 14.7 Å². The summed E-state index contributed by atoms with van der Waals surface area (Å²) in [6.07, 6.45) is 3.86. The molecule has 0 atom stereocenters. The molecule has 3 aromatic heterocycles. The lowest BCUT2D eigenvalue weighted by Crippen LogP contribution is -2.11. The molecule has 0 saturated heterocycles. The number of halogens is 2. The van der Waals surface area contributed by atoms with Crippen molar-refractivity contribution in [3.8, 4) is 0 Å². The molecule has 0 amide bonds. The third-order valence-electron chi connectivity index (χ3n) is 2.70. The van der Waals surface area contributed by atoms with Crippen LogP contribution in [0.25, 0.3) is 5.65 Å². The van der Waals surface area contributed by atoms with E-state index in [9.17, 15) is 0 Å². The van der Waals surface area contributed by atoms with E-state index in [-0.39, 0.29) is 0 Å². The number of imidazole rings is 1. The molecule has 6 heteroatoms. The molecule has 0 aliphatic heterocycles. The minimum absolute atomic E-state index is 0.716. The van der Waals surface area contributed by atoms with E-state index in [4.69, 9.17) is 11.6 Å². The van der Waals surface area contributed by atoms with Gasteiger partial charge in [-0.15, -0.1) is 11.3 Å². The Kier molecular flexibility index (Phi) is 3.88. The summed E-state index contributed by atoms with van der Waals surface area (Å²) >= 11 is 11.1. The fraction of sp³-hybridized carbons (Fsp3) is 0.154. The molecule has 0 aromatic carbocycles. The quantitative estimate of drug-likeness (QED) is 0.762. The fourth-order valence-electron chi connectivity index (χ4n) is 1.86. The third kappa shape index (κ3) is 3.17. The minimum atomic E-state index is 0.716. The van der Waals surface area contributed by atoms with Crippen LogP contribution >= 0.6 is 38.9 Å². The standard InChI is InChI=1S/C13H11BrClN3S/c14-12-3-2-11(19-12)6-16-5-10-8-18-7-9(15)1-4-13(18)17-10/h1-4,7-8,16H,5-6H2. The van der Waals surface area contributed by atoms with E-state index >= 15 is 0 Å². The van der Waals surface area contributed by atoms with Crippen molar-refractivity contribution in [2.24, 2.45) is 0 Å². The van der Waals surface area contributed by atoms with Gasteiger partial charge in [0.05, 0.1) is 14.5 Å². The second-order valence-electron chi connectivity index (χ2n) is 4.15. The molecule has 19 heavy (non-hydrogen) atoms. The van der Waals surface area contributed by atoms with Crippen LogP contribution in [0.1, 0.15) is 10.6 Å². The molecule has 0 spiro atoms. The Labute approximate surface area is 128 Å². The van der Waals surface area contributed by atoms with Crippen LogP contribution in [-0.2, 0) is 13.1 Å².